The number of methoxy groups -OCH3 is 1. The van der Waals surface area contributed by atoms with Crippen LogP contribution in [0.25, 0.3) is 0 Å². The number of carbonyl (C=O) groups is 1. The van der Waals surface area contributed by atoms with Crippen molar-refractivity contribution in [1.29, 1.82) is 0 Å². The minimum Gasteiger partial charge on any atom is -0.496 e. The highest BCUT2D eigenvalue weighted by Gasteiger charge is 2.12. The van der Waals surface area contributed by atoms with E-state index in [-0.39, 0.29) is 5.78 Å². The molecule has 0 atom stereocenters. The van der Waals surface area contributed by atoms with Crippen LogP contribution in [0.1, 0.15) is 15.9 Å². The number of carbonyl (C=O) groups excluding carboxylic acids is 1. The third-order valence-electron chi connectivity index (χ3n) is 2.12. The minimum absolute atomic E-state index is 0.0838. The molecule has 15 heavy (non-hydrogen) atoms. The standard InChI is InChI=1S/C12H17NO2/c1-9-5-6-12(15-4)10(7-9)11(14)8-13(2)3/h5-7H,8H2,1-4H3. The van der Waals surface area contributed by atoms with Gasteiger partial charge in [-0.2, -0.15) is 0 Å². The van der Waals surface area contributed by atoms with E-state index in [1.807, 2.05) is 44.1 Å². The van der Waals surface area contributed by atoms with E-state index in [2.05, 4.69) is 0 Å². The van der Waals surface area contributed by atoms with Crippen LogP contribution in [0.4, 0.5) is 0 Å². The lowest BCUT2D eigenvalue weighted by atomic mass is 10.1. The molecule has 3 nitrogen and oxygen atoms in total. The summed E-state index contributed by atoms with van der Waals surface area (Å²) in [6.07, 6.45) is 0. The van der Waals surface area contributed by atoms with Crippen LogP contribution >= 0.6 is 0 Å². The van der Waals surface area contributed by atoms with E-state index in [1.165, 1.54) is 0 Å². The number of hydrogen-bond acceptors (Lipinski definition) is 3. The normalized spacial score (nSPS) is 10.5. The number of nitrogens with zero attached hydrogens (tertiary/aromatic N) is 1. The van der Waals surface area contributed by atoms with E-state index >= 15 is 0 Å². The van der Waals surface area contributed by atoms with Crippen molar-refractivity contribution in [3.63, 3.8) is 0 Å². The fourth-order valence-corrected chi connectivity index (χ4v) is 1.41. The molecule has 0 amide bonds. The van der Waals surface area contributed by atoms with Gasteiger partial charge in [0.15, 0.2) is 5.78 Å². The van der Waals surface area contributed by atoms with Crippen LogP contribution in [0.2, 0.25) is 0 Å². The smallest absolute Gasteiger partial charge is 0.180 e. The molecule has 0 aliphatic rings. The molecule has 3 heteroatoms. The maximum atomic E-state index is 11.9. The Morgan fingerprint density at radius 1 is 1.40 bits per heavy atom. The summed E-state index contributed by atoms with van der Waals surface area (Å²) in [7, 11) is 5.33. The maximum absolute atomic E-state index is 11.9. The van der Waals surface area contributed by atoms with Crippen molar-refractivity contribution in [2.24, 2.45) is 0 Å². The summed E-state index contributed by atoms with van der Waals surface area (Å²) in [6.45, 7) is 2.37. The Bertz CT molecular complexity index is 359. The van der Waals surface area contributed by atoms with Crippen LogP contribution in [0.15, 0.2) is 18.2 Å². The maximum Gasteiger partial charge on any atom is 0.180 e. The fourth-order valence-electron chi connectivity index (χ4n) is 1.41. The van der Waals surface area contributed by atoms with Gasteiger partial charge in [-0.1, -0.05) is 11.6 Å². The van der Waals surface area contributed by atoms with Crippen LogP contribution in [-0.2, 0) is 0 Å². The highest BCUT2D eigenvalue weighted by atomic mass is 16.5. The summed E-state index contributed by atoms with van der Waals surface area (Å²) in [5, 5.41) is 0. The molecule has 0 aliphatic heterocycles. The van der Waals surface area contributed by atoms with Crippen LogP contribution in [0.3, 0.4) is 0 Å². The molecule has 0 radical (unpaired) electrons. The number of ether oxygens (including phenoxy) is 1. The first-order valence-corrected chi connectivity index (χ1v) is 4.87. The van der Waals surface area contributed by atoms with Gasteiger partial charge in [-0.05, 0) is 33.2 Å². The minimum atomic E-state index is 0.0838. The number of likely N-dealkylation sites (N-methyl/N-ethyl adjacent to an activating group) is 1. The summed E-state index contributed by atoms with van der Waals surface area (Å²) < 4.78 is 5.16. The summed E-state index contributed by atoms with van der Waals surface area (Å²) in [6, 6.07) is 5.63. The summed E-state index contributed by atoms with van der Waals surface area (Å²) in [5.74, 6) is 0.730. The van der Waals surface area contributed by atoms with E-state index in [0.29, 0.717) is 17.9 Å². The first-order chi connectivity index (χ1) is 7.04. The lowest BCUT2D eigenvalue weighted by molar-refractivity contribution is 0.0955. The molecule has 0 aliphatic carbocycles. The van der Waals surface area contributed by atoms with Crippen LogP contribution in [0.5, 0.6) is 5.75 Å². The van der Waals surface area contributed by atoms with Gasteiger partial charge in [0.1, 0.15) is 5.75 Å². The SMILES string of the molecule is COc1ccc(C)cc1C(=O)CN(C)C. The lowest BCUT2D eigenvalue weighted by Crippen LogP contribution is -2.22. The molecule has 0 heterocycles. The molecule has 0 fully saturated rings. The topological polar surface area (TPSA) is 29.5 Å². The lowest BCUT2D eigenvalue weighted by Gasteiger charge is -2.11. The number of aryl methyl sites for hydroxylation is 1. The fraction of sp³-hybridized carbons (Fsp3) is 0.417. The second kappa shape index (κ2) is 4.94. The number of benzene rings is 1. The van der Waals surface area contributed by atoms with E-state index in [0.717, 1.165) is 5.56 Å². The van der Waals surface area contributed by atoms with Gasteiger partial charge in [-0.3, -0.25) is 4.79 Å². The van der Waals surface area contributed by atoms with Crippen molar-refractivity contribution in [2.75, 3.05) is 27.7 Å². The average Bonchev–Trinajstić information content (AvgIpc) is 2.16. The average molecular weight is 207 g/mol. The van der Waals surface area contributed by atoms with Gasteiger partial charge in [0.2, 0.25) is 0 Å². The first-order valence-electron chi connectivity index (χ1n) is 4.87. The number of rotatable bonds is 4. The Morgan fingerprint density at radius 2 is 2.07 bits per heavy atom. The zero-order chi connectivity index (χ0) is 11.4. The van der Waals surface area contributed by atoms with E-state index < -0.39 is 0 Å². The Hall–Kier alpha value is -1.35. The van der Waals surface area contributed by atoms with Crippen molar-refractivity contribution >= 4 is 5.78 Å². The Kier molecular flexibility index (Phi) is 3.86. The summed E-state index contributed by atoms with van der Waals surface area (Å²) >= 11 is 0. The van der Waals surface area contributed by atoms with Crippen LogP contribution in [-0.4, -0.2) is 38.4 Å². The summed E-state index contributed by atoms with van der Waals surface area (Å²) in [5.41, 5.74) is 1.73. The molecule has 0 N–H and O–H groups in total. The highest BCUT2D eigenvalue weighted by molar-refractivity contribution is 6.00. The molecule has 0 aromatic heterocycles. The quantitative estimate of drug-likeness (QED) is 0.704. The van der Waals surface area contributed by atoms with Gasteiger partial charge in [0, 0.05) is 0 Å². The number of ketones is 1. The molecule has 0 saturated carbocycles. The molecular formula is C12H17NO2. The van der Waals surface area contributed by atoms with Crippen molar-refractivity contribution in [1.82, 2.24) is 4.90 Å². The van der Waals surface area contributed by atoms with Gasteiger partial charge in [0.25, 0.3) is 0 Å². The van der Waals surface area contributed by atoms with Crippen LogP contribution in [0, 0.1) is 6.92 Å². The Balaban J connectivity index is 3.00. The second-order valence-electron chi connectivity index (χ2n) is 3.86. The Morgan fingerprint density at radius 3 is 2.60 bits per heavy atom. The van der Waals surface area contributed by atoms with E-state index in [4.69, 9.17) is 4.74 Å². The molecule has 0 bridgehead atoms. The van der Waals surface area contributed by atoms with Crippen molar-refractivity contribution < 1.29 is 9.53 Å². The predicted molar refractivity (Wildman–Crippen MR) is 60.6 cm³/mol. The van der Waals surface area contributed by atoms with Crippen LogP contribution < -0.4 is 4.74 Å². The molecule has 1 rings (SSSR count). The largest absolute Gasteiger partial charge is 0.496 e. The van der Waals surface area contributed by atoms with Crippen molar-refractivity contribution in [2.45, 2.75) is 6.92 Å². The van der Waals surface area contributed by atoms with Gasteiger partial charge >= 0.3 is 0 Å². The molecule has 82 valence electrons. The molecule has 1 aromatic carbocycles. The molecule has 0 saturated heterocycles. The first kappa shape index (κ1) is 11.7. The monoisotopic (exact) mass is 207 g/mol. The van der Waals surface area contributed by atoms with Gasteiger partial charge in [-0.25, -0.2) is 0 Å². The zero-order valence-corrected chi connectivity index (χ0v) is 9.70. The molecule has 1 aromatic rings. The molecular weight excluding hydrogens is 190 g/mol. The van der Waals surface area contributed by atoms with Gasteiger partial charge in [0.05, 0.1) is 19.2 Å². The second-order valence-corrected chi connectivity index (χ2v) is 3.86. The van der Waals surface area contributed by atoms with Gasteiger partial charge < -0.3 is 9.64 Å². The predicted octanol–water partition coefficient (Wildman–Crippen LogP) is 1.75. The number of hydrogen-bond donors (Lipinski definition) is 0. The van der Waals surface area contributed by atoms with Crippen molar-refractivity contribution in [3.8, 4) is 5.75 Å². The summed E-state index contributed by atoms with van der Waals surface area (Å²) in [4.78, 5) is 13.7. The zero-order valence-electron chi connectivity index (χ0n) is 9.70. The third-order valence-corrected chi connectivity index (χ3v) is 2.12. The number of Topliss-reactive ketones (excluding diaryl/α,β-unsaturated/α-hetero) is 1. The van der Waals surface area contributed by atoms with E-state index in [9.17, 15) is 4.79 Å². The van der Waals surface area contributed by atoms with E-state index in [1.54, 1.807) is 7.11 Å². The van der Waals surface area contributed by atoms with Crippen molar-refractivity contribution in [3.05, 3.63) is 29.3 Å². The third kappa shape index (κ3) is 3.06. The highest BCUT2D eigenvalue weighted by Crippen LogP contribution is 2.20. The van der Waals surface area contributed by atoms with Gasteiger partial charge in [-0.15, -0.1) is 0 Å². The Labute approximate surface area is 90.7 Å². The molecule has 0 spiro atoms. The molecule has 0 unspecified atom stereocenters.